The van der Waals surface area contributed by atoms with Gasteiger partial charge in [0, 0.05) is 68.0 Å². The number of aliphatic hydroxyl groups is 1. The Bertz CT molecular complexity index is 2410. The number of β-amino-alcohol motifs (C(OH)–C–C–N with tert-alkyl or cyclic N) is 1. The van der Waals surface area contributed by atoms with Crippen LogP contribution in [0.25, 0.3) is 44.7 Å². The van der Waals surface area contributed by atoms with Gasteiger partial charge >= 0.3 is 5.97 Å². The Balaban J connectivity index is 1.06. The lowest BCUT2D eigenvalue weighted by molar-refractivity contribution is -0.144. The summed E-state index contributed by atoms with van der Waals surface area (Å²) in [7, 11) is 1.41. The number of hydrogen-bond donors (Lipinski definition) is 2. The lowest BCUT2D eigenvalue weighted by atomic mass is 10.0. The molecule has 2 N–H and O–H groups in total. The van der Waals surface area contributed by atoms with Crippen molar-refractivity contribution in [1.29, 1.82) is 5.26 Å². The maximum atomic E-state index is 12.0. The third kappa shape index (κ3) is 6.92. The number of methoxy groups -OCH3 is 1. The van der Waals surface area contributed by atoms with E-state index < -0.39 is 0 Å². The molecule has 8 rings (SSSR count). The van der Waals surface area contributed by atoms with Crippen molar-refractivity contribution in [3.8, 4) is 28.8 Å². The van der Waals surface area contributed by atoms with Gasteiger partial charge in [0.2, 0.25) is 5.89 Å². The average Bonchev–Trinajstić information content (AvgIpc) is 3.92. The second kappa shape index (κ2) is 14.5. The van der Waals surface area contributed by atoms with Crippen molar-refractivity contribution in [3.05, 3.63) is 94.4 Å². The van der Waals surface area contributed by atoms with E-state index in [0.717, 1.165) is 71.3 Å². The number of likely N-dealkylation sites (tertiary alicyclic amines) is 2. The summed E-state index contributed by atoms with van der Waals surface area (Å²) in [6, 6.07) is 17.7. The van der Waals surface area contributed by atoms with Crippen LogP contribution in [0, 0.1) is 24.2 Å². The number of pyridine rings is 3. The monoisotopic (exact) mass is 728 g/mol. The minimum absolute atomic E-state index is 0.149. The Morgan fingerprint density at radius 3 is 2.66 bits per heavy atom. The Hall–Kier alpha value is -5.45. The number of esters is 1. The van der Waals surface area contributed by atoms with Crippen molar-refractivity contribution in [1.82, 2.24) is 29.7 Å². The van der Waals surface area contributed by atoms with Crippen molar-refractivity contribution < 1.29 is 19.1 Å². The summed E-state index contributed by atoms with van der Waals surface area (Å²) < 4.78 is 11.1. The minimum atomic E-state index is -0.264. The number of anilines is 2. The summed E-state index contributed by atoms with van der Waals surface area (Å²) >= 11 is 7.09. The molecule has 2 aromatic carbocycles. The Labute approximate surface area is 311 Å². The molecule has 2 aliphatic heterocycles. The molecular formula is C40H37ClN8O4. The van der Waals surface area contributed by atoms with Gasteiger partial charge < -0.3 is 19.6 Å². The molecular weight excluding hydrogens is 692 g/mol. The van der Waals surface area contributed by atoms with Gasteiger partial charge in [-0.05, 0) is 79.4 Å². The summed E-state index contributed by atoms with van der Waals surface area (Å²) in [6.07, 6.45) is 6.58. The molecule has 6 heterocycles. The summed E-state index contributed by atoms with van der Waals surface area (Å²) in [5.74, 6) is 0.569. The molecule has 2 aliphatic rings. The fourth-order valence-electron chi connectivity index (χ4n) is 7.42. The van der Waals surface area contributed by atoms with E-state index in [9.17, 15) is 15.2 Å². The Kier molecular flexibility index (Phi) is 9.49. The number of oxazole rings is 1. The number of rotatable bonds is 9. The van der Waals surface area contributed by atoms with Gasteiger partial charge in [0.05, 0.1) is 41.0 Å². The first-order valence-corrected chi connectivity index (χ1v) is 18.0. The zero-order chi connectivity index (χ0) is 36.6. The molecule has 13 heteroatoms. The molecule has 0 aliphatic carbocycles. The molecule has 0 radical (unpaired) electrons. The highest BCUT2D eigenvalue weighted by Crippen LogP contribution is 2.39. The first-order valence-electron chi connectivity index (χ1n) is 17.6. The predicted molar refractivity (Wildman–Crippen MR) is 201 cm³/mol. The maximum Gasteiger partial charge on any atom is 0.310 e. The number of fused-ring (bicyclic) bond motifs is 2. The standard InChI is InChI=1S/C40H37ClN8O4/c1-23-30(4-3-5-32(23)46-38-35-26(6-10-44-38)15-25(18-45-35)20-49-13-9-29(50)22-49)36-34(41)31(7-11-43-36)39-47-33-16-24(14-28(17-42)37(33)53-39)19-48-12-8-27(21-48)40(51)52-2/h3-7,10-11,14-16,18,27,29,50H,8-9,12-13,19-22H2,1-2H3,(H,44,46)/t27-,29-/m1/s1. The lowest BCUT2D eigenvalue weighted by Gasteiger charge is -2.16. The molecule has 12 nitrogen and oxygen atoms in total. The summed E-state index contributed by atoms with van der Waals surface area (Å²) in [5.41, 5.74) is 7.71. The zero-order valence-corrected chi connectivity index (χ0v) is 30.1. The molecule has 4 aromatic heterocycles. The van der Waals surface area contributed by atoms with Gasteiger partial charge in [-0.15, -0.1) is 0 Å². The van der Waals surface area contributed by atoms with Crippen LogP contribution < -0.4 is 5.32 Å². The van der Waals surface area contributed by atoms with E-state index >= 15 is 0 Å². The number of carbonyl (C=O) groups excluding carboxylic acids is 1. The van der Waals surface area contributed by atoms with Crippen LogP contribution in [0.5, 0.6) is 0 Å². The number of aromatic nitrogens is 4. The molecule has 0 unspecified atom stereocenters. The van der Waals surface area contributed by atoms with E-state index in [2.05, 4.69) is 37.2 Å². The number of aliphatic hydroxyl groups excluding tert-OH is 1. The number of benzene rings is 2. The molecule has 2 saturated heterocycles. The summed E-state index contributed by atoms with van der Waals surface area (Å²) in [4.78, 5) is 35.3. The van der Waals surface area contributed by atoms with Crippen molar-refractivity contribution in [2.45, 2.75) is 39.0 Å². The molecule has 268 valence electrons. The van der Waals surface area contributed by atoms with E-state index in [4.69, 9.17) is 30.7 Å². The van der Waals surface area contributed by atoms with Crippen molar-refractivity contribution in [2.75, 3.05) is 38.6 Å². The summed E-state index contributed by atoms with van der Waals surface area (Å²) in [6.45, 7) is 6.22. The van der Waals surface area contributed by atoms with Crippen LogP contribution in [0.2, 0.25) is 5.02 Å². The van der Waals surface area contributed by atoms with Gasteiger partial charge in [0.15, 0.2) is 11.4 Å². The van der Waals surface area contributed by atoms with Gasteiger partial charge in [0.25, 0.3) is 0 Å². The van der Waals surface area contributed by atoms with Crippen molar-refractivity contribution >= 4 is 51.1 Å². The highest BCUT2D eigenvalue weighted by atomic mass is 35.5. The van der Waals surface area contributed by atoms with Gasteiger partial charge in [-0.2, -0.15) is 5.26 Å². The highest BCUT2D eigenvalue weighted by Gasteiger charge is 2.29. The Morgan fingerprint density at radius 2 is 1.85 bits per heavy atom. The zero-order valence-electron chi connectivity index (χ0n) is 29.3. The number of nitrogens with zero attached hydrogens (tertiary/aromatic N) is 7. The SMILES string of the molecule is COC(=O)[C@@H]1CCN(Cc2cc(C#N)c3oc(-c4ccnc(-c5cccc(Nc6nccc7cc(CN8CC[C@@H](O)C8)cnc67)c5C)c4Cl)nc3c2)C1. The normalized spacial score (nSPS) is 17.8. The van der Waals surface area contributed by atoms with E-state index in [1.807, 2.05) is 49.5 Å². The first-order chi connectivity index (χ1) is 25.8. The number of ether oxygens (including phenoxy) is 1. The molecule has 2 atom stereocenters. The van der Waals surface area contributed by atoms with Crippen LogP contribution in [0.1, 0.15) is 35.1 Å². The number of nitriles is 1. The largest absolute Gasteiger partial charge is 0.469 e. The molecule has 0 saturated carbocycles. The van der Waals surface area contributed by atoms with E-state index in [0.29, 0.717) is 58.4 Å². The van der Waals surface area contributed by atoms with Crippen LogP contribution in [-0.4, -0.2) is 80.2 Å². The van der Waals surface area contributed by atoms with Gasteiger partial charge in [0.1, 0.15) is 17.1 Å². The third-order valence-electron chi connectivity index (χ3n) is 10.2. The quantitative estimate of drug-likeness (QED) is 0.154. The fourth-order valence-corrected chi connectivity index (χ4v) is 7.72. The van der Waals surface area contributed by atoms with E-state index in [1.54, 1.807) is 18.5 Å². The molecule has 0 spiro atoms. The van der Waals surface area contributed by atoms with Gasteiger partial charge in [-0.3, -0.25) is 24.6 Å². The number of carbonyl (C=O) groups is 1. The van der Waals surface area contributed by atoms with Gasteiger partial charge in [-0.1, -0.05) is 23.7 Å². The summed E-state index contributed by atoms with van der Waals surface area (Å²) in [5, 5.41) is 24.8. The smallest absolute Gasteiger partial charge is 0.310 e. The van der Waals surface area contributed by atoms with Crippen LogP contribution in [0.4, 0.5) is 11.5 Å². The molecule has 53 heavy (non-hydrogen) atoms. The van der Waals surface area contributed by atoms with Crippen LogP contribution in [0.15, 0.2) is 71.5 Å². The molecule has 6 aromatic rings. The maximum absolute atomic E-state index is 12.0. The molecule has 2 fully saturated rings. The van der Waals surface area contributed by atoms with Crippen LogP contribution in [0.3, 0.4) is 0 Å². The van der Waals surface area contributed by atoms with Crippen LogP contribution >= 0.6 is 11.6 Å². The van der Waals surface area contributed by atoms with Crippen LogP contribution in [-0.2, 0) is 22.6 Å². The van der Waals surface area contributed by atoms with E-state index in [1.165, 1.54) is 7.11 Å². The average molecular weight is 729 g/mol. The molecule has 0 amide bonds. The number of halogens is 1. The second-order valence-corrected chi connectivity index (χ2v) is 14.1. The van der Waals surface area contributed by atoms with Gasteiger partial charge in [-0.25, -0.2) is 9.97 Å². The predicted octanol–water partition coefficient (Wildman–Crippen LogP) is 6.64. The Morgan fingerprint density at radius 1 is 1.04 bits per heavy atom. The molecule has 0 bridgehead atoms. The van der Waals surface area contributed by atoms with E-state index in [-0.39, 0.29) is 23.9 Å². The first kappa shape index (κ1) is 34.6. The lowest BCUT2D eigenvalue weighted by Crippen LogP contribution is -2.23. The minimum Gasteiger partial charge on any atom is -0.469 e. The number of hydrogen-bond acceptors (Lipinski definition) is 12. The van der Waals surface area contributed by atoms with Crippen molar-refractivity contribution in [2.24, 2.45) is 5.92 Å². The third-order valence-corrected chi connectivity index (χ3v) is 10.5. The fraction of sp³-hybridized carbons (Fsp3) is 0.300. The van der Waals surface area contributed by atoms with Crippen molar-refractivity contribution in [3.63, 3.8) is 0 Å². The second-order valence-electron chi connectivity index (χ2n) is 13.7. The highest BCUT2D eigenvalue weighted by molar-refractivity contribution is 6.35. The number of nitrogens with one attached hydrogen (secondary N) is 1. The topological polar surface area (TPSA) is 154 Å².